The van der Waals surface area contributed by atoms with Gasteiger partial charge in [-0.1, -0.05) is 18.2 Å². The molecule has 2 heterocycles. The van der Waals surface area contributed by atoms with Crippen LogP contribution in [0.3, 0.4) is 0 Å². The monoisotopic (exact) mass is 300 g/mol. The number of nitrogens with zero attached hydrogens (tertiary/aromatic N) is 1. The predicted octanol–water partition coefficient (Wildman–Crippen LogP) is 1.40. The lowest BCUT2D eigenvalue weighted by molar-refractivity contribution is -0.154. The highest BCUT2D eigenvalue weighted by Gasteiger charge is 2.27. The van der Waals surface area contributed by atoms with Crippen LogP contribution in [0, 0.1) is 0 Å². The normalized spacial score (nSPS) is 14.5. The highest BCUT2D eigenvalue weighted by Crippen LogP contribution is 2.18. The van der Waals surface area contributed by atoms with Crippen LogP contribution in [0.5, 0.6) is 0 Å². The van der Waals surface area contributed by atoms with Gasteiger partial charge >= 0.3 is 5.97 Å². The second-order valence-electron chi connectivity index (χ2n) is 5.24. The number of amides is 2. The van der Waals surface area contributed by atoms with Crippen LogP contribution in [-0.2, 0) is 25.5 Å². The number of benzene rings is 1. The van der Waals surface area contributed by atoms with Gasteiger partial charge in [-0.15, -0.1) is 0 Å². The average Bonchev–Trinajstić information content (AvgIpc) is 3.12. The van der Waals surface area contributed by atoms with Crippen molar-refractivity contribution in [2.24, 2.45) is 0 Å². The summed E-state index contributed by atoms with van der Waals surface area (Å²) in [5.41, 5.74) is 1.77. The van der Waals surface area contributed by atoms with Crippen LogP contribution in [0.1, 0.15) is 18.4 Å². The molecule has 1 aliphatic heterocycles. The van der Waals surface area contributed by atoms with E-state index in [1.54, 1.807) is 6.20 Å². The Labute approximate surface area is 127 Å². The van der Waals surface area contributed by atoms with Crippen molar-refractivity contribution in [3.8, 4) is 0 Å². The summed E-state index contributed by atoms with van der Waals surface area (Å²) in [5.74, 6) is -1.13. The number of para-hydroxylation sites is 1. The van der Waals surface area contributed by atoms with E-state index in [0.29, 0.717) is 19.4 Å². The van der Waals surface area contributed by atoms with Gasteiger partial charge in [0.1, 0.15) is 0 Å². The van der Waals surface area contributed by atoms with Crippen LogP contribution >= 0.6 is 0 Å². The number of hydrogen-bond donors (Lipinski definition) is 1. The summed E-state index contributed by atoms with van der Waals surface area (Å²) in [6, 6.07) is 7.65. The number of imide groups is 1. The largest absolute Gasteiger partial charge is 0.455 e. The molecule has 1 aromatic heterocycles. The summed E-state index contributed by atoms with van der Waals surface area (Å²) < 4.78 is 4.99. The Morgan fingerprint density at radius 2 is 2.09 bits per heavy atom. The Morgan fingerprint density at radius 1 is 1.27 bits per heavy atom. The molecule has 6 heteroatoms. The maximum atomic E-state index is 11.9. The number of ether oxygens (including phenoxy) is 1. The van der Waals surface area contributed by atoms with Crippen molar-refractivity contribution in [1.82, 2.24) is 9.88 Å². The van der Waals surface area contributed by atoms with Gasteiger partial charge in [0.05, 0.1) is 6.42 Å². The number of fused-ring (bicyclic) bond motifs is 1. The lowest BCUT2D eigenvalue weighted by Crippen LogP contribution is -2.35. The number of H-pyrrole nitrogens is 1. The zero-order chi connectivity index (χ0) is 15.5. The third-order valence-electron chi connectivity index (χ3n) is 3.74. The summed E-state index contributed by atoms with van der Waals surface area (Å²) in [7, 11) is 0. The number of aromatic nitrogens is 1. The minimum Gasteiger partial charge on any atom is -0.455 e. The molecule has 22 heavy (non-hydrogen) atoms. The molecule has 1 fully saturated rings. The Hall–Kier alpha value is -2.63. The van der Waals surface area contributed by atoms with Crippen molar-refractivity contribution in [2.45, 2.75) is 19.3 Å². The Balaban J connectivity index is 1.56. The average molecular weight is 300 g/mol. The quantitative estimate of drug-likeness (QED) is 0.866. The van der Waals surface area contributed by atoms with E-state index in [0.717, 1.165) is 21.4 Å². The molecule has 0 bridgehead atoms. The molecular weight excluding hydrogens is 284 g/mol. The van der Waals surface area contributed by atoms with Gasteiger partial charge < -0.3 is 9.72 Å². The van der Waals surface area contributed by atoms with Gasteiger partial charge in [-0.2, -0.15) is 0 Å². The van der Waals surface area contributed by atoms with Gasteiger partial charge in [0.2, 0.25) is 5.91 Å². The van der Waals surface area contributed by atoms with E-state index in [-0.39, 0.29) is 18.9 Å². The molecule has 0 spiro atoms. The number of aromatic amines is 1. The predicted molar refractivity (Wildman–Crippen MR) is 78.9 cm³/mol. The Kier molecular flexibility index (Phi) is 3.91. The van der Waals surface area contributed by atoms with Gasteiger partial charge in [0.15, 0.2) is 6.61 Å². The molecule has 1 aliphatic rings. The number of rotatable bonds is 4. The van der Waals surface area contributed by atoms with Gasteiger partial charge in [0.25, 0.3) is 5.91 Å². The van der Waals surface area contributed by atoms with Crippen LogP contribution in [0.4, 0.5) is 0 Å². The smallest absolute Gasteiger partial charge is 0.310 e. The van der Waals surface area contributed by atoms with Gasteiger partial charge in [-0.05, 0) is 18.1 Å². The Bertz CT molecular complexity index is 735. The lowest BCUT2D eigenvalue weighted by atomic mass is 10.1. The zero-order valence-corrected chi connectivity index (χ0v) is 12.0. The van der Waals surface area contributed by atoms with E-state index in [1.165, 1.54) is 0 Å². The van der Waals surface area contributed by atoms with Crippen molar-refractivity contribution in [1.29, 1.82) is 0 Å². The van der Waals surface area contributed by atoms with E-state index in [2.05, 4.69) is 4.98 Å². The van der Waals surface area contributed by atoms with Crippen LogP contribution < -0.4 is 0 Å². The van der Waals surface area contributed by atoms with E-state index >= 15 is 0 Å². The summed E-state index contributed by atoms with van der Waals surface area (Å²) in [4.78, 5) is 39.3. The van der Waals surface area contributed by atoms with Gasteiger partial charge in [-0.25, -0.2) is 0 Å². The first kappa shape index (κ1) is 14.3. The first-order valence-corrected chi connectivity index (χ1v) is 7.19. The molecule has 0 saturated carbocycles. The first-order chi connectivity index (χ1) is 10.6. The summed E-state index contributed by atoms with van der Waals surface area (Å²) >= 11 is 0. The molecule has 0 atom stereocenters. The second-order valence-corrected chi connectivity index (χ2v) is 5.24. The van der Waals surface area contributed by atoms with Crippen LogP contribution in [-0.4, -0.2) is 40.8 Å². The number of hydrogen-bond acceptors (Lipinski definition) is 4. The number of carbonyl (C=O) groups is 3. The van der Waals surface area contributed by atoms with Crippen LogP contribution in [0.25, 0.3) is 10.9 Å². The van der Waals surface area contributed by atoms with E-state index in [9.17, 15) is 14.4 Å². The second kappa shape index (κ2) is 6.01. The molecule has 6 nitrogen and oxygen atoms in total. The van der Waals surface area contributed by atoms with Gasteiger partial charge in [0, 0.05) is 30.1 Å². The van der Waals surface area contributed by atoms with Crippen molar-refractivity contribution in [2.75, 3.05) is 13.2 Å². The SMILES string of the molecule is O=C(Cc1c[nH]c2ccccc12)OCC(=O)N1CCCC1=O. The molecule has 114 valence electrons. The van der Waals surface area contributed by atoms with Crippen molar-refractivity contribution >= 4 is 28.7 Å². The molecule has 0 radical (unpaired) electrons. The summed E-state index contributed by atoms with van der Waals surface area (Å²) in [6.45, 7) is 0.0323. The highest BCUT2D eigenvalue weighted by atomic mass is 16.5. The van der Waals surface area contributed by atoms with Crippen molar-refractivity contribution < 1.29 is 19.1 Å². The number of esters is 1. The summed E-state index contributed by atoms with van der Waals surface area (Å²) in [5, 5.41) is 0.959. The van der Waals surface area contributed by atoms with E-state index in [1.807, 2.05) is 24.3 Å². The minimum atomic E-state index is -0.482. The van der Waals surface area contributed by atoms with Crippen molar-refractivity contribution in [3.63, 3.8) is 0 Å². The fraction of sp³-hybridized carbons (Fsp3) is 0.312. The molecule has 2 aromatic rings. The zero-order valence-electron chi connectivity index (χ0n) is 12.0. The highest BCUT2D eigenvalue weighted by molar-refractivity contribution is 5.97. The fourth-order valence-corrected chi connectivity index (χ4v) is 2.62. The minimum absolute atomic E-state index is 0.0885. The number of nitrogens with one attached hydrogen (secondary N) is 1. The van der Waals surface area contributed by atoms with Crippen LogP contribution in [0.2, 0.25) is 0 Å². The molecule has 2 amide bonds. The van der Waals surface area contributed by atoms with Gasteiger partial charge in [-0.3, -0.25) is 19.3 Å². The van der Waals surface area contributed by atoms with E-state index in [4.69, 9.17) is 4.74 Å². The van der Waals surface area contributed by atoms with Crippen molar-refractivity contribution in [3.05, 3.63) is 36.0 Å². The fourth-order valence-electron chi connectivity index (χ4n) is 2.62. The molecule has 1 saturated heterocycles. The third kappa shape index (κ3) is 2.86. The molecule has 3 rings (SSSR count). The third-order valence-corrected chi connectivity index (χ3v) is 3.74. The number of carbonyl (C=O) groups excluding carboxylic acids is 3. The molecule has 0 aliphatic carbocycles. The molecule has 1 aromatic carbocycles. The maximum absolute atomic E-state index is 11.9. The topological polar surface area (TPSA) is 79.5 Å². The number of likely N-dealkylation sites (tertiary alicyclic amines) is 1. The first-order valence-electron chi connectivity index (χ1n) is 7.19. The maximum Gasteiger partial charge on any atom is 0.310 e. The lowest BCUT2D eigenvalue weighted by Gasteiger charge is -2.13. The standard InChI is InChI=1S/C16H16N2O4/c19-14-6-3-7-18(14)15(20)10-22-16(21)8-11-9-17-13-5-2-1-4-12(11)13/h1-2,4-5,9,17H,3,6-8,10H2. The Morgan fingerprint density at radius 3 is 2.86 bits per heavy atom. The van der Waals surface area contributed by atoms with E-state index < -0.39 is 11.9 Å². The molecule has 0 unspecified atom stereocenters. The molecular formula is C16H16N2O4. The molecule has 1 N–H and O–H groups in total. The van der Waals surface area contributed by atoms with Crippen LogP contribution in [0.15, 0.2) is 30.5 Å². The summed E-state index contributed by atoms with van der Waals surface area (Å²) in [6.07, 6.45) is 2.91.